The van der Waals surface area contributed by atoms with Gasteiger partial charge in [0.15, 0.2) is 23.0 Å². The fraction of sp³-hybridized carbons (Fsp3) is 0.692. The minimum atomic E-state index is 0.157. The van der Waals surface area contributed by atoms with Gasteiger partial charge in [-0.05, 0) is 112 Å². The maximum absolute atomic E-state index is 10.0. The standard InChI is InChI=1S/C21H34N2O2.C18H28N2O2/c1-14(2)9-17-12-23-8-7-16-10-21(25-15(3)4)20(24-6)11-18(16)19(23)13-22(17)5;1-12(2)7-14-10-20-6-5-13-8-17(21)18(22-4)9-15(13)16(20)11-19(14)3/h10-11,14-15,17,19H,7-9,12-13H2,1-6H3;8-9,12,14,16,21H,5-7,10-11H2,1-4H3/t17-,19+;14-,16+/m11/s1. The van der Waals surface area contributed by atoms with Gasteiger partial charge in [-0.25, -0.2) is 0 Å². The van der Waals surface area contributed by atoms with E-state index in [4.69, 9.17) is 14.2 Å². The number of piperazine rings is 2. The van der Waals surface area contributed by atoms with Gasteiger partial charge in [-0.2, -0.15) is 0 Å². The van der Waals surface area contributed by atoms with Crippen LogP contribution in [0.25, 0.3) is 0 Å². The van der Waals surface area contributed by atoms with E-state index in [1.165, 1.54) is 41.6 Å². The smallest absolute Gasteiger partial charge is 0.161 e. The Morgan fingerprint density at radius 3 is 1.57 bits per heavy atom. The molecule has 0 unspecified atom stereocenters. The quantitative estimate of drug-likeness (QED) is 0.352. The Hall–Kier alpha value is -2.52. The Morgan fingerprint density at radius 2 is 1.13 bits per heavy atom. The van der Waals surface area contributed by atoms with E-state index in [1.54, 1.807) is 14.2 Å². The largest absolute Gasteiger partial charge is 0.504 e. The zero-order valence-electron chi connectivity index (χ0n) is 30.9. The second-order valence-electron chi connectivity index (χ2n) is 15.6. The number of methoxy groups -OCH3 is 2. The lowest BCUT2D eigenvalue weighted by Gasteiger charge is -2.48. The van der Waals surface area contributed by atoms with Crippen molar-refractivity contribution in [2.45, 2.75) is 97.5 Å². The molecule has 0 bridgehead atoms. The maximum atomic E-state index is 10.0. The first kappa shape index (κ1) is 35.8. The van der Waals surface area contributed by atoms with Gasteiger partial charge in [-0.3, -0.25) is 9.80 Å². The lowest BCUT2D eigenvalue weighted by molar-refractivity contribution is 0.0294. The highest BCUT2D eigenvalue weighted by atomic mass is 16.5. The summed E-state index contributed by atoms with van der Waals surface area (Å²) in [4.78, 5) is 10.4. The summed E-state index contributed by atoms with van der Waals surface area (Å²) in [6, 6.07) is 10.6. The summed E-state index contributed by atoms with van der Waals surface area (Å²) in [5.41, 5.74) is 5.45. The van der Waals surface area contributed by atoms with Crippen LogP contribution < -0.4 is 14.2 Å². The summed E-state index contributed by atoms with van der Waals surface area (Å²) in [7, 11) is 7.89. The Kier molecular flexibility index (Phi) is 11.7. The van der Waals surface area contributed by atoms with Crippen LogP contribution in [0.1, 0.15) is 88.7 Å². The average molecular weight is 651 g/mol. The van der Waals surface area contributed by atoms with Crippen LogP contribution in [0.4, 0.5) is 0 Å². The molecule has 0 amide bonds. The molecule has 6 rings (SSSR count). The number of rotatable bonds is 8. The highest BCUT2D eigenvalue weighted by Gasteiger charge is 2.38. The van der Waals surface area contributed by atoms with Gasteiger partial charge in [0.05, 0.1) is 20.3 Å². The molecule has 0 spiro atoms. The van der Waals surface area contributed by atoms with Crippen molar-refractivity contribution in [3.63, 3.8) is 0 Å². The Morgan fingerprint density at radius 1 is 0.660 bits per heavy atom. The fourth-order valence-corrected chi connectivity index (χ4v) is 8.33. The fourth-order valence-electron chi connectivity index (χ4n) is 8.33. The molecule has 2 aromatic rings. The molecule has 2 aromatic carbocycles. The number of nitrogens with zero attached hydrogens (tertiary/aromatic N) is 4. The number of fused-ring (bicyclic) bond motifs is 6. The number of phenolic OH excluding ortho intramolecular Hbond substituents is 1. The number of phenols is 1. The van der Waals surface area contributed by atoms with Crippen LogP contribution >= 0.6 is 0 Å². The summed E-state index contributed by atoms with van der Waals surface area (Å²) in [6.45, 7) is 20.1. The van der Waals surface area contributed by atoms with Gasteiger partial charge < -0.3 is 29.1 Å². The van der Waals surface area contributed by atoms with Crippen molar-refractivity contribution in [2.75, 3.05) is 67.6 Å². The first-order valence-corrected chi connectivity index (χ1v) is 18.0. The lowest BCUT2D eigenvalue weighted by atomic mass is 9.88. The number of likely N-dealkylation sites (N-methyl/N-ethyl adjacent to an activating group) is 2. The molecule has 1 N–H and O–H groups in total. The van der Waals surface area contributed by atoms with Gasteiger partial charge >= 0.3 is 0 Å². The number of hydrogen-bond donors (Lipinski definition) is 1. The predicted molar refractivity (Wildman–Crippen MR) is 191 cm³/mol. The number of benzene rings is 2. The van der Waals surface area contributed by atoms with Crippen molar-refractivity contribution >= 4 is 0 Å². The molecule has 4 aliphatic rings. The van der Waals surface area contributed by atoms with E-state index >= 15 is 0 Å². The van der Waals surface area contributed by atoms with E-state index in [2.05, 4.69) is 87.4 Å². The van der Waals surface area contributed by atoms with E-state index in [9.17, 15) is 5.11 Å². The van der Waals surface area contributed by atoms with Crippen molar-refractivity contribution in [1.29, 1.82) is 0 Å². The highest BCUT2D eigenvalue weighted by molar-refractivity contribution is 5.50. The number of ether oxygens (including phenoxy) is 3. The average Bonchev–Trinajstić information content (AvgIpc) is 3.01. The number of aromatic hydroxyl groups is 1. The maximum Gasteiger partial charge on any atom is 0.161 e. The van der Waals surface area contributed by atoms with E-state index in [1.807, 2.05) is 12.1 Å². The van der Waals surface area contributed by atoms with Crippen LogP contribution in [0.2, 0.25) is 0 Å². The monoisotopic (exact) mass is 650 g/mol. The van der Waals surface area contributed by atoms with Gasteiger partial charge in [0.25, 0.3) is 0 Å². The normalized spacial score (nSPS) is 25.0. The summed E-state index contributed by atoms with van der Waals surface area (Å²) >= 11 is 0. The van der Waals surface area contributed by atoms with Crippen molar-refractivity contribution in [3.05, 3.63) is 46.5 Å². The Labute approximate surface area is 284 Å². The van der Waals surface area contributed by atoms with Crippen molar-refractivity contribution in [3.8, 4) is 23.0 Å². The zero-order chi connectivity index (χ0) is 34.0. The summed E-state index contributed by atoms with van der Waals surface area (Å²) < 4.78 is 16.9. The third-order valence-electron chi connectivity index (χ3n) is 10.7. The SMILES string of the molecule is COc1cc2c(cc1O)CCN1C[C@@H](CC(C)C)N(C)C[C@@H]21.COc1cc2c(cc1OC(C)C)CCN1C[C@@H](CC(C)C)N(C)C[C@@H]21. The lowest BCUT2D eigenvalue weighted by Crippen LogP contribution is -2.55. The summed E-state index contributed by atoms with van der Waals surface area (Å²) in [6.07, 6.45) is 4.80. The molecule has 262 valence electrons. The first-order valence-electron chi connectivity index (χ1n) is 18.0. The van der Waals surface area contributed by atoms with Crippen molar-refractivity contribution < 1.29 is 19.3 Å². The summed E-state index contributed by atoms with van der Waals surface area (Å²) in [5, 5.41) is 10.0. The van der Waals surface area contributed by atoms with Gasteiger partial charge in [-0.1, -0.05) is 27.7 Å². The Bertz CT molecular complexity index is 1350. The summed E-state index contributed by atoms with van der Waals surface area (Å²) in [5.74, 6) is 4.08. The molecule has 0 saturated carbocycles. The second kappa shape index (κ2) is 15.4. The van der Waals surface area contributed by atoms with E-state index < -0.39 is 0 Å². The second-order valence-corrected chi connectivity index (χ2v) is 15.6. The van der Waals surface area contributed by atoms with Crippen LogP contribution in [0, 0.1) is 11.8 Å². The molecule has 0 radical (unpaired) electrons. The minimum absolute atomic E-state index is 0.157. The molecule has 4 atom stereocenters. The number of hydrogen-bond acceptors (Lipinski definition) is 8. The molecule has 8 nitrogen and oxygen atoms in total. The molecule has 0 aliphatic carbocycles. The van der Waals surface area contributed by atoms with Gasteiger partial charge in [0.2, 0.25) is 0 Å². The third kappa shape index (κ3) is 8.21. The molecule has 2 saturated heterocycles. The predicted octanol–water partition coefficient (Wildman–Crippen LogP) is 6.40. The van der Waals surface area contributed by atoms with Crippen LogP contribution in [-0.2, 0) is 12.8 Å². The topological polar surface area (TPSA) is 60.9 Å². The van der Waals surface area contributed by atoms with Crippen LogP contribution in [0.15, 0.2) is 24.3 Å². The first-order chi connectivity index (χ1) is 22.4. The van der Waals surface area contributed by atoms with E-state index in [-0.39, 0.29) is 11.9 Å². The van der Waals surface area contributed by atoms with Crippen molar-refractivity contribution in [1.82, 2.24) is 19.6 Å². The molecule has 8 heteroatoms. The van der Waals surface area contributed by atoms with E-state index in [0.29, 0.717) is 29.9 Å². The van der Waals surface area contributed by atoms with Gasteiger partial charge in [-0.15, -0.1) is 0 Å². The highest BCUT2D eigenvalue weighted by Crippen LogP contribution is 2.42. The molecule has 47 heavy (non-hydrogen) atoms. The Balaban J connectivity index is 0.000000186. The molecule has 0 aromatic heterocycles. The van der Waals surface area contributed by atoms with Crippen LogP contribution in [0.3, 0.4) is 0 Å². The molecule has 4 aliphatic heterocycles. The molecule has 2 fully saturated rings. The third-order valence-corrected chi connectivity index (χ3v) is 10.7. The molecule has 4 heterocycles. The van der Waals surface area contributed by atoms with Gasteiger partial charge in [0, 0.05) is 63.4 Å². The van der Waals surface area contributed by atoms with Crippen LogP contribution in [0.5, 0.6) is 23.0 Å². The van der Waals surface area contributed by atoms with E-state index in [0.717, 1.165) is 68.9 Å². The van der Waals surface area contributed by atoms with Crippen LogP contribution in [-0.4, -0.2) is 110 Å². The molecular formula is C39H62N4O4. The minimum Gasteiger partial charge on any atom is -0.504 e. The zero-order valence-corrected chi connectivity index (χ0v) is 30.9. The van der Waals surface area contributed by atoms with Crippen molar-refractivity contribution in [2.24, 2.45) is 11.8 Å². The van der Waals surface area contributed by atoms with Gasteiger partial charge in [0.1, 0.15) is 0 Å². The molecular weight excluding hydrogens is 588 g/mol.